The molecule has 3 aliphatic rings. The van der Waals surface area contributed by atoms with Crippen LogP contribution in [0.5, 0.6) is 0 Å². The molecular formula is C24H27N3O3. The van der Waals surface area contributed by atoms with Crippen LogP contribution in [0.1, 0.15) is 71.0 Å². The lowest BCUT2D eigenvalue weighted by Gasteiger charge is -2.27. The van der Waals surface area contributed by atoms with E-state index in [0.717, 1.165) is 59.5 Å². The molecule has 1 unspecified atom stereocenters. The minimum absolute atomic E-state index is 0.183. The number of fused-ring (bicyclic) bond motifs is 2. The molecule has 1 saturated heterocycles. The number of benzene rings is 1. The van der Waals surface area contributed by atoms with Crippen molar-refractivity contribution in [3.63, 3.8) is 0 Å². The second-order valence-corrected chi connectivity index (χ2v) is 8.90. The molecule has 1 aromatic heterocycles. The molecule has 30 heavy (non-hydrogen) atoms. The molecule has 2 fully saturated rings. The zero-order valence-electron chi connectivity index (χ0n) is 17.5. The molecule has 6 nitrogen and oxygen atoms in total. The molecule has 1 spiro atoms. The second kappa shape index (κ2) is 6.83. The van der Waals surface area contributed by atoms with E-state index >= 15 is 0 Å². The van der Waals surface area contributed by atoms with Crippen LogP contribution in [0.3, 0.4) is 0 Å². The van der Waals surface area contributed by atoms with E-state index in [4.69, 9.17) is 0 Å². The number of ketones is 1. The number of aryl methyl sites for hydroxylation is 2. The Morgan fingerprint density at radius 3 is 2.70 bits per heavy atom. The van der Waals surface area contributed by atoms with E-state index in [1.54, 1.807) is 0 Å². The molecule has 0 radical (unpaired) electrons. The van der Waals surface area contributed by atoms with Crippen molar-refractivity contribution in [1.82, 2.24) is 14.8 Å². The first kappa shape index (κ1) is 19.1. The lowest BCUT2D eigenvalue weighted by Crippen LogP contribution is -2.44. The van der Waals surface area contributed by atoms with Crippen molar-refractivity contribution in [1.29, 1.82) is 0 Å². The molecule has 156 valence electrons. The third-order valence-corrected chi connectivity index (χ3v) is 6.90. The van der Waals surface area contributed by atoms with Gasteiger partial charge in [-0.05, 0) is 69.6 Å². The molecule has 2 aromatic rings. The first-order chi connectivity index (χ1) is 14.4. The molecule has 0 bridgehead atoms. The Morgan fingerprint density at radius 2 is 1.93 bits per heavy atom. The van der Waals surface area contributed by atoms with Crippen LogP contribution >= 0.6 is 0 Å². The molecule has 2 aliphatic carbocycles. The molecule has 1 atom stereocenters. The lowest BCUT2D eigenvalue weighted by molar-refractivity contribution is -0.131. The van der Waals surface area contributed by atoms with Gasteiger partial charge >= 0.3 is 6.03 Å². The first-order valence-corrected chi connectivity index (χ1v) is 10.9. The third kappa shape index (κ3) is 2.81. The van der Waals surface area contributed by atoms with Gasteiger partial charge in [-0.2, -0.15) is 0 Å². The van der Waals surface area contributed by atoms with E-state index in [-0.39, 0.29) is 18.2 Å². The highest BCUT2D eigenvalue weighted by atomic mass is 16.2. The van der Waals surface area contributed by atoms with Gasteiger partial charge in [-0.25, -0.2) is 4.79 Å². The van der Waals surface area contributed by atoms with E-state index in [2.05, 4.69) is 9.88 Å². The normalized spacial score (nSPS) is 23.5. The quantitative estimate of drug-likeness (QED) is 0.621. The van der Waals surface area contributed by atoms with E-state index in [0.29, 0.717) is 18.0 Å². The lowest BCUT2D eigenvalue weighted by atomic mass is 9.84. The topological polar surface area (TPSA) is 71.4 Å². The highest BCUT2D eigenvalue weighted by Crippen LogP contribution is 2.40. The average molecular weight is 405 g/mol. The summed E-state index contributed by atoms with van der Waals surface area (Å²) in [7, 11) is 0. The van der Waals surface area contributed by atoms with Gasteiger partial charge < -0.3 is 9.88 Å². The Hall–Kier alpha value is -2.89. The summed E-state index contributed by atoms with van der Waals surface area (Å²) < 4.78 is 2.21. The van der Waals surface area contributed by atoms with Crippen molar-refractivity contribution in [2.24, 2.45) is 0 Å². The zero-order chi connectivity index (χ0) is 21.0. The summed E-state index contributed by atoms with van der Waals surface area (Å²) in [6.07, 6.45) is 5.57. The summed E-state index contributed by atoms with van der Waals surface area (Å²) >= 11 is 0. The van der Waals surface area contributed by atoms with Gasteiger partial charge in [-0.3, -0.25) is 14.5 Å². The van der Waals surface area contributed by atoms with E-state index in [1.807, 2.05) is 44.2 Å². The van der Waals surface area contributed by atoms with Crippen LogP contribution in [0.4, 0.5) is 4.79 Å². The predicted octanol–water partition coefficient (Wildman–Crippen LogP) is 3.80. The minimum Gasteiger partial charge on any atom is -0.345 e. The van der Waals surface area contributed by atoms with Crippen molar-refractivity contribution < 1.29 is 14.4 Å². The van der Waals surface area contributed by atoms with Crippen LogP contribution in [0.2, 0.25) is 0 Å². The molecular weight excluding hydrogens is 378 g/mol. The molecule has 2 heterocycles. The number of nitrogens with one attached hydrogen (secondary N) is 1. The third-order valence-electron chi connectivity index (χ3n) is 6.90. The number of hydrogen-bond acceptors (Lipinski definition) is 3. The number of rotatable bonds is 4. The monoisotopic (exact) mass is 405 g/mol. The summed E-state index contributed by atoms with van der Waals surface area (Å²) in [4.78, 5) is 40.6. The van der Waals surface area contributed by atoms with Crippen molar-refractivity contribution >= 4 is 17.7 Å². The van der Waals surface area contributed by atoms with Crippen LogP contribution in [0.25, 0.3) is 0 Å². The number of nitrogens with zero attached hydrogens (tertiary/aromatic N) is 2. The molecule has 1 aromatic carbocycles. The van der Waals surface area contributed by atoms with Crippen LogP contribution in [0, 0.1) is 13.8 Å². The summed E-state index contributed by atoms with van der Waals surface area (Å²) in [5, 5.41) is 2.96. The van der Waals surface area contributed by atoms with Crippen LogP contribution < -0.4 is 5.32 Å². The van der Waals surface area contributed by atoms with Crippen LogP contribution in [-0.4, -0.2) is 33.7 Å². The van der Waals surface area contributed by atoms with Crippen molar-refractivity contribution in [3.8, 4) is 0 Å². The fraction of sp³-hybridized carbons (Fsp3) is 0.458. The zero-order valence-corrected chi connectivity index (χ0v) is 17.5. The number of urea groups is 1. The second-order valence-electron chi connectivity index (χ2n) is 8.90. The fourth-order valence-electron chi connectivity index (χ4n) is 5.30. The van der Waals surface area contributed by atoms with Crippen LogP contribution in [0.15, 0.2) is 30.3 Å². The number of hydrogen-bond donors (Lipinski definition) is 1. The maximum atomic E-state index is 13.5. The van der Waals surface area contributed by atoms with Crippen molar-refractivity contribution in [2.75, 3.05) is 6.54 Å². The molecule has 1 N–H and O–H groups in total. The molecule has 1 saturated carbocycles. The van der Waals surface area contributed by atoms with Crippen molar-refractivity contribution in [2.45, 2.75) is 64.0 Å². The Morgan fingerprint density at radius 1 is 1.17 bits per heavy atom. The highest BCUT2D eigenvalue weighted by molar-refractivity contribution is 6.11. The van der Waals surface area contributed by atoms with Gasteiger partial charge in [0.15, 0.2) is 5.78 Å². The van der Waals surface area contributed by atoms with E-state index in [9.17, 15) is 14.4 Å². The van der Waals surface area contributed by atoms with Gasteiger partial charge in [0.25, 0.3) is 5.91 Å². The fourth-order valence-corrected chi connectivity index (χ4v) is 5.30. The highest BCUT2D eigenvalue weighted by Gasteiger charge is 2.53. The van der Waals surface area contributed by atoms with E-state index in [1.165, 1.54) is 0 Å². The van der Waals surface area contributed by atoms with Gasteiger partial charge in [0.2, 0.25) is 0 Å². The van der Waals surface area contributed by atoms with E-state index < -0.39 is 11.6 Å². The number of carbonyl (C=O) groups excluding carboxylic acids is 3. The Kier molecular flexibility index (Phi) is 4.34. The largest absolute Gasteiger partial charge is 0.345 e. The Bertz CT molecular complexity index is 1070. The predicted molar refractivity (Wildman–Crippen MR) is 112 cm³/mol. The van der Waals surface area contributed by atoms with Gasteiger partial charge in [-0.1, -0.05) is 24.3 Å². The molecule has 5 rings (SSSR count). The number of carbonyl (C=O) groups is 3. The standard InChI is InChI=1S/C24H27N3O3/c1-15-13-19(16(2)27(15)18-10-11-18)21(28)14-26-22(29)24(25-23(26)30)12-6-5-8-17-7-3-4-9-20(17)24/h3-4,7,9,13,18H,5-6,8,10-12,14H2,1-2H3,(H,25,30). The summed E-state index contributed by atoms with van der Waals surface area (Å²) in [6.45, 7) is 3.74. The molecule has 6 heteroatoms. The minimum atomic E-state index is -1.05. The summed E-state index contributed by atoms with van der Waals surface area (Å²) in [5.41, 5.74) is 3.54. The van der Waals surface area contributed by atoms with Gasteiger partial charge in [-0.15, -0.1) is 0 Å². The number of imide groups is 1. The average Bonchev–Trinajstić information content (AvgIpc) is 3.49. The van der Waals surface area contributed by atoms with Crippen molar-refractivity contribution in [3.05, 3.63) is 58.4 Å². The maximum absolute atomic E-state index is 13.5. The molecule has 3 amide bonds. The summed E-state index contributed by atoms with van der Waals surface area (Å²) in [5.74, 6) is -0.483. The maximum Gasteiger partial charge on any atom is 0.325 e. The Balaban J connectivity index is 1.45. The summed E-state index contributed by atoms with van der Waals surface area (Å²) in [6, 6.07) is 9.75. The number of amides is 3. The SMILES string of the molecule is Cc1cc(C(=O)CN2C(=O)NC3(CCCCc4ccccc43)C2=O)c(C)n1C1CC1. The Labute approximate surface area is 176 Å². The van der Waals surface area contributed by atoms with Crippen LogP contribution in [-0.2, 0) is 16.8 Å². The van der Waals surface area contributed by atoms with Gasteiger partial charge in [0.05, 0.1) is 6.54 Å². The smallest absolute Gasteiger partial charge is 0.325 e. The first-order valence-electron chi connectivity index (χ1n) is 10.9. The number of aromatic nitrogens is 1. The number of Topliss-reactive ketones (excluding diaryl/α,β-unsaturated/α-hetero) is 1. The molecule has 1 aliphatic heterocycles. The van der Waals surface area contributed by atoms with Gasteiger partial charge in [0.1, 0.15) is 5.54 Å². The van der Waals surface area contributed by atoms with Gasteiger partial charge in [0, 0.05) is 23.0 Å².